The Morgan fingerprint density at radius 3 is 2.82 bits per heavy atom. The Labute approximate surface area is 134 Å². The van der Waals surface area contributed by atoms with Crippen LogP contribution in [0, 0.1) is 13.8 Å². The molecule has 0 aliphatic carbocycles. The minimum Gasteiger partial charge on any atom is -0.462 e. The molecule has 2 aliphatic rings. The van der Waals surface area contributed by atoms with Gasteiger partial charge in [0.1, 0.15) is 5.57 Å². The molecule has 0 saturated heterocycles. The van der Waals surface area contributed by atoms with E-state index in [0.29, 0.717) is 6.42 Å². The van der Waals surface area contributed by atoms with E-state index in [2.05, 4.69) is 25.7 Å². The molecule has 2 aliphatic heterocycles. The molecule has 2 atom stereocenters. The maximum atomic E-state index is 12.4. The molecule has 0 aromatic carbocycles. The van der Waals surface area contributed by atoms with E-state index in [1.165, 1.54) is 20.9 Å². The second kappa shape index (κ2) is 5.54. The highest BCUT2D eigenvalue weighted by atomic mass is 32.1. The molecule has 0 spiro atoms. The van der Waals surface area contributed by atoms with Crippen molar-refractivity contribution in [3.8, 4) is 0 Å². The SMILES string of the molecule is CCOC(=O)C1=CN2C(C)Cc3sc(C)c(C)c3C2CC1=O. The Balaban J connectivity index is 2.02. The Kier molecular flexibility index (Phi) is 3.85. The van der Waals surface area contributed by atoms with Crippen molar-refractivity contribution in [3.63, 3.8) is 0 Å². The maximum absolute atomic E-state index is 12.4. The number of carbonyl (C=O) groups is 2. The van der Waals surface area contributed by atoms with Gasteiger partial charge in [0.05, 0.1) is 12.6 Å². The number of rotatable bonds is 2. The molecule has 0 amide bonds. The van der Waals surface area contributed by atoms with Crippen molar-refractivity contribution >= 4 is 23.1 Å². The summed E-state index contributed by atoms with van der Waals surface area (Å²) >= 11 is 1.84. The van der Waals surface area contributed by atoms with Crippen molar-refractivity contribution in [3.05, 3.63) is 32.7 Å². The van der Waals surface area contributed by atoms with Crippen LogP contribution in [0.3, 0.4) is 0 Å². The van der Waals surface area contributed by atoms with Gasteiger partial charge in [-0.05, 0) is 38.8 Å². The van der Waals surface area contributed by atoms with Gasteiger partial charge in [0.15, 0.2) is 5.78 Å². The lowest BCUT2D eigenvalue weighted by atomic mass is 9.85. The maximum Gasteiger partial charge on any atom is 0.343 e. The summed E-state index contributed by atoms with van der Waals surface area (Å²) in [5, 5.41) is 0. The Morgan fingerprint density at radius 1 is 1.41 bits per heavy atom. The van der Waals surface area contributed by atoms with Crippen LogP contribution < -0.4 is 0 Å². The van der Waals surface area contributed by atoms with E-state index in [-0.39, 0.29) is 30.0 Å². The van der Waals surface area contributed by atoms with Gasteiger partial charge in [-0.25, -0.2) is 4.79 Å². The van der Waals surface area contributed by atoms with Crippen molar-refractivity contribution in [2.45, 2.75) is 52.6 Å². The molecule has 4 nitrogen and oxygen atoms in total. The molecule has 1 aromatic heterocycles. The molecule has 0 saturated carbocycles. The fourth-order valence-electron chi connectivity index (χ4n) is 3.44. The number of carbonyl (C=O) groups excluding carboxylic acids is 2. The number of hydrogen-bond acceptors (Lipinski definition) is 5. The number of ketones is 1. The smallest absolute Gasteiger partial charge is 0.343 e. The summed E-state index contributed by atoms with van der Waals surface area (Å²) in [6.07, 6.45) is 3.06. The number of Topliss-reactive ketones (excluding diaryl/α,β-unsaturated/α-hetero) is 1. The molecule has 0 radical (unpaired) electrons. The Bertz CT molecular complexity index is 674. The summed E-state index contributed by atoms with van der Waals surface area (Å²) in [5.41, 5.74) is 2.79. The first-order valence-corrected chi connectivity index (χ1v) is 8.54. The molecule has 0 bridgehead atoms. The Morgan fingerprint density at radius 2 is 2.14 bits per heavy atom. The van der Waals surface area contributed by atoms with Crippen molar-refractivity contribution in [1.82, 2.24) is 4.90 Å². The number of aryl methyl sites for hydroxylation is 1. The summed E-state index contributed by atoms with van der Waals surface area (Å²) < 4.78 is 5.01. The molecule has 2 unspecified atom stereocenters. The predicted octanol–water partition coefficient (Wildman–Crippen LogP) is 3.07. The van der Waals surface area contributed by atoms with E-state index in [1.54, 1.807) is 13.1 Å². The zero-order valence-electron chi connectivity index (χ0n) is 13.4. The van der Waals surface area contributed by atoms with Gasteiger partial charge in [-0.2, -0.15) is 0 Å². The molecule has 5 heteroatoms. The first-order chi connectivity index (χ1) is 10.4. The van der Waals surface area contributed by atoms with Gasteiger partial charge in [-0.1, -0.05) is 0 Å². The van der Waals surface area contributed by atoms with E-state index in [1.807, 2.05) is 11.3 Å². The van der Waals surface area contributed by atoms with Crippen molar-refractivity contribution in [2.24, 2.45) is 0 Å². The van der Waals surface area contributed by atoms with Crippen LogP contribution in [0.2, 0.25) is 0 Å². The minimum atomic E-state index is -0.498. The number of ether oxygens (including phenoxy) is 1. The molecule has 118 valence electrons. The molecular weight excluding hydrogens is 298 g/mol. The van der Waals surface area contributed by atoms with E-state index in [0.717, 1.165) is 6.42 Å². The second-order valence-corrected chi connectivity index (χ2v) is 7.34. The first-order valence-electron chi connectivity index (χ1n) is 7.72. The summed E-state index contributed by atoms with van der Waals surface area (Å²) in [5.74, 6) is -0.606. The Hall–Kier alpha value is -1.62. The van der Waals surface area contributed by atoms with Crippen LogP contribution >= 0.6 is 11.3 Å². The first kappa shape index (κ1) is 15.3. The molecule has 0 N–H and O–H groups in total. The lowest BCUT2D eigenvalue weighted by molar-refractivity contribution is -0.140. The molecule has 22 heavy (non-hydrogen) atoms. The van der Waals surface area contributed by atoms with Crippen LogP contribution in [0.5, 0.6) is 0 Å². The lowest BCUT2D eigenvalue weighted by Gasteiger charge is -2.43. The van der Waals surface area contributed by atoms with Gasteiger partial charge < -0.3 is 9.64 Å². The third-order valence-corrected chi connectivity index (χ3v) is 5.89. The van der Waals surface area contributed by atoms with Crippen molar-refractivity contribution in [2.75, 3.05) is 6.61 Å². The lowest BCUT2D eigenvalue weighted by Crippen LogP contribution is -2.43. The summed E-state index contributed by atoms with van der Waals surface area (Å²) in [6, 6.07) is 0.349. The highest BCUT2D eigenvalue weighted by Crippen LogP contribution is 2.44. The van der Waals surface area contributed by atoms with Crippen LogP contribution in [0.15, 0.2) is 11.8 Å². The highest BCUT2D eigenvalue weighted by molar-refractivity contribution is 7.12. The van der Waals surface area contributed by atoms with Crippen molar-refractivity contribution < 1.29 is 14.3 Å². The van der Waals surface area contributed by atoms with Crippen LogP contribution in [0.4, 0.5) is 0 Å². The van der Waals surface area contributed by atoms with Crippen LogP contribution in [-0.2, 0) is 20.7 Å². The number of esters is 1. The van der Waals surface area contributed by atoms with Crippen LogP contribution in [-0.4, -0.2) is 29.3 Å². The fraction of sp³-hybridized carbons (Fsp3) is 0.529. The average Bonchev–Trinajstić information content (AvgIpc) is 2.73. The fourth-order valence-corrected chi connectivity index (χ4v) is 4.80. The number of fused-ring (bicyclic) bond motifs is 3. The largest absolute Gasteiger partial charge is 0.462 e. The summed E-state index contributed by atoms with van der Waals surface area (Å²) in [7, 11) is 0. The zero-order valence-corrected chi connectivity index (χ0v) is 14.3. The quantitative estimate of drug-likeness (QED) is 0.621. The van der Waals surface area contributed by atoms with Crippen LogP contribution in [0.25, 0.3) is 0 Å². The minimum absolute atomic E-state index is 0.0642. The van der Waals surface area contributed by atoms with Gasteiger partial charge >= 0.3 is 5.97 Å². The highest BCUT2D eigenvalue weighted by Gasteiger charge is 2.40. The van der Waals surface area contributed by atoms with Gasteiger partial charge in [-0.3, -0.25) is 4.79 Å². The normalized spacial score (nSPS) is 23.7. The van der Waals surface area contributed by atoms with Gasteiger partial charge in [0.2, 0.25) is 0 Å². The average molecular weight is 319 g/mol. The van der Waals surface area contributed by atoms with E-state index in [9.17, 15) is 9.59 Å². The van der Waals surface area contributed by atoms with Gasteiger partial charge in [0.25, 0.3) is 0 Å². The number of thiophene rings is 1. The van der Waals surface area contributed by atoms with Gasteiger partial charge in [-0.15, -0.1) is 11.3 Å². The molecular formula is C17H21NO3S. The third kappa shape index (κ3) is 2.28. The van der Waals surface area contributed by atoms with Gasteiger partial charge in [0, 0.05) is 34.8 Å². The van der Waals surface area contributed by atoms with E-state index >= 15 is 0 Å². The molecule has 0 fully saturated rings. The predicted molar refractivity (Wildman–Crippen MR) is 85.9 cm³/mol. The standard InChI is InChI=1S/C17H21NO3S/c1-5-21-17(20)12-8-18-9(2)6-15-16(10(3)11(4)22-15)13(18)7-14(12)19/h8-9,13H,5-7H2,1-4H3. The van der Waals surface area contributed by atoms with E-state index in [4.69, 9.17) is 4.74 Å². The molecule has 3 heterocycles. The molecule has 1 aromatic rings. The second-order valence-electron chi connectivity index (χ2n) is 6.03. The number of nitrogens with zero attached hydrogens (tertiary/aromatic N) is 1. The summed E-state index contributed by atoms with van der Waals surface area (Å²) in [6.45, 7) is 8.46. The molecule has 3 rings (SSSR count). The zero-order chi connectivity index (χ0) is 16.0. The van der Waals surface area contributed by atoms with E-state index < -0.39 is 5.97 Å². The monoisotopic (exact) mass is 319 g/mol. The topological polar surface area (TPSA) is 46.6 Å². The third-order valence-electron chi connectivity index (χ3n) is 4.64. The number of hydrogen-bond donors (Lipinski definition) is 0. The van der Waals surface area contributed by atoms with Crippen molar-refractivity contribution in [1.29, 1.82) is 0 Å². The van der Waals surface area contributed by atoms with Crippen LogP contribution in [0.1, 0.15) is 47.2 Å². The summed E-state index contributed by atoms with van der Waals surface area (Å²) in [4.78, 5) is 29.3.